The molecule has 2 aromatic rings. The second-order valence-corrected chi connectivity index (χ2v) is 10.1. The molecular formula is C21H31N3O4S. The minimum atomic E-state index is -3.53. The molecule has 0 radical (unpaired) electrons. The number of rotatable bonds is 8. The molecule has 0 aliphatic heterocycles. The van der Waals surface area contributed by atoms with Crippen molar-refractivity contribution in [1.29, 1.82) is 0 Å². The fourth-order valence-corrected chi connectivity index (χ4v) is 4.87. The number of aryl methyl sites for hydroxylation is 1. The molecule has 0 bridgehead atoms. The molecule has 1 aliphatic carbocycles. The topological polar surface area (TPSA) is 81.5 Å². The Kier molecular flexibility index (Phi) is 6.95. The summed E-state index contributed by atoms with van der Waals surface area (Å²) in [6.45, 7) is 2.90. The smallest absolute Gasteiger partial charge is 0.306 e. The van der Waals surface area contributed by atoms with Crippen LogP contribution in [0.2, 0.25) is 0 Å². The summed E-state index contributed by atoms with van der Waals surface area (Å²) in [5, 5.41) is 0. The normalized spacial score (nSPS) is 15.9. The molecule has 3 rings (SSSR count). The van der Waals surface area contributed by atoms with Crippen LogP contribution >= 0.6 is 0 Å². The van der Waals surface area contributed by atoms with Crippen molar-refractivity contribution in [2.75, 3.05) is 14.1 Å². The average molecular weight is 422 g/mol. The van der Waals surface area contributed by atoms with Crippen molar-refractivity contribution in [2.45, 2.75) is 69.9 Å². The number of esters is 1. The Morgan fingerprint density at radius 3 is 2.62 bits per heavy atom. The summed E-state index contributed by atoms with van der Waals surface area (Å²) in [4.78, 5) is 17.1. The van der Waals surface area contributed by atoms with Crippen molar-refractivity contribution < 1.29 is 17.9 Å². The number of sulfonamides is 1. The molecule has 0 unspecified atom stereocenters. The number of aromatic nitrogens is 2. The molecule has 7 nitrogen and oxygen atoms in total. The van der Waals surface area contributed by atoms with E-state index in [1.807, 2.05) is 4.57 Å². The third-order valence-electron chi connectivity index (χ3n) is 5.57. The molecule has 1 aromatic carbocycles. The number of nitrogens with zero attached hydrogens (tertiary/aromatic N) is 3. The second-order valence-electron chi connectivity index (χ2n) is 7.99. The van der Waals surface area contributed by atoms with E-state index < -0.39 is 10.0 Å². The third kappa shape index (κ3) is 4.98. The number of carbonyl (C=O) groups is 1. The van der Waals surface area contributed by atoms with Crippen LogP contribution < -0.4 is 0 Å². The molecule has 0 N–H and O–H groups in total. The molecule has 8 heteroatoms. The number of hydrogen-bond donors (Lipinski definition) is 0. The third-order valence-corrected chi connectivity index (χ3v) is 7.38. The largest absolute Gasteiger partial charge is 0.457 e. The van der Waals surface area contributed by atoms with Gasteiger partial charge in [-0.05, 0) is 43.4 Å². The Morgan fingerprint density at radius 1 is 1.24 bits per heavy atom. The molecule has 0 saturated heterocycles. The number of fused-ring (bicyclic) bond motifs is 1. The van der Waals surface area contributed by atoms with Crippen LogP contribution in [-0.2, 0) is 32.7 Å². The lowest BCUT2D eigenvalue weighted by Crippen LogP contribution is -2.22. The Balaban J connectivity index is 1.79. The Bertz CT molecular complexity index is 960. The van der Waals surface area contributed by atoms with E-state index in [-0.39, 0.29) is 17.5 Å². The maximum absolute atomic E-state index is 12.4. The van der Waals surface area contributed by atoms with Crippen molar-refractivity contribution in [1.82, 2.24) is 13.9 Å². The minimum absolute atomic E-state index is 0.107. The molecule has 1 fully saturated rings. The maximum Gasteiger partial charge on any atom is 0.306 e. The summed E-state index contributed by atoms with van der Waals surface area (Å²) in [6, 6.07) is 4.97. The number of hydrogen-bond acceptors (Lipinski definition) is 5. The van der Waals surface area contributed by atoms with Crippen LogP contribution in [0.4, 0.5) is 0 Å². The molecular weight excluding hydrogens is 390 g/mol. The van der Waals surface area contributed by atoms with Gasteiger partial charge in [0.1, 0.15) is 12.4 Å². The fourth-order valence-electron chi connectivity index (χ4n) is 3.94. The first-order valence-corrected chi connectivity index (χ1v) is 11.8. The second kappa shape index (κ2) is 9.26. The molecule has 1 aromatic heterocycles. The molecule has 0 atom stereocenters. The van der Waals surface area contributed by atoms with Crippen LogP contribution in [-0.4, -0.2) is 42.3 Å². The molecule has 29 heavy (non-hydrogen) atoms. The molecule has 1 aliphatic rings. The van der Waals surface area contributed by atoms with E-state index >= 15 is 0 Å². The van der Waals surface area contributed by atoms with Crippen LogP contribution in [0.25, 0.3) is 11.0 Å². The number of benzene rings is 1. The van der Waals surface area contributed by atoms with E-state index in [1.165, 1.54) is 37.7 Å². The quantitative estimate of drug-likeness (QED) is 0.607. The summed E-state index contributed by atoms with van der Waals surface area (Å²) < 4.78 is 33.6. The predicted octanol–water partition coefficient (Wildman–Crippen LogP) is 3.71. The van der Waals surface area contributed by atoms with Gasteiger partial charge in [-0.3, -0.25) is 4.79 Å². The van der Waals surface area contributed by atoms with Crippen molar-refractivity contribution in [3.05, 3.63) is 24.0 Å². The van der Waals surface area contributed by atoms with Crippen LogP contribution in [0, 0.1) is 5.92 Å². The highest BCUT2D eigenvalue weighted by molar-refractivity contribution is 7.89. The zero-order chi connectivity index (χ0) is 21.0. The number of carbonyl (C=O) groups excluding carboxylic acids is 1. The average Bonchev–Trinajstić information content (AvgIpc) is 3.04. The first-order valence-electron chi connectivity index (χ1n) is 10.4. The number of imidazole rings is 1. The van der Waals surface area contributed by atoms with Gasteiger partial charge < -0.3 is 9.30 Å². The zero-order valence-corrected chi connectivity index (χ0v) is 18.4. The molecule has 0 spiro atoms. The molecule has 1 saturated carbocycles. The van der Waals surface area contributed by atoms with E-state index in [2.05, 4.69) is 11.9 Å². The van der Waals surface area contributed by atoms with Gasteiger partial charge >= 0.3 is 5.97 Å². The highest BCUT2D eigenvalue weighted by Crippen LogP contribution is 2.27. The fraction of sp³-hybridized carbons (Fsp3) is 0.619. The molecule has 0 amide bonds. The van der Waals surface area contributed by atoms with Gasteiger partial charge in [-0.25, -0.2) is 17.7 Å². The number of ether oxygens (including phenoxy) is 1. The summed E-state index contributed by atoms with van der Waals surface area (Å²) in [6.07, 6.45) is 7.23. The Labute approximate surface area is 173 Å². The van der Waals surface area contributed by atoms with Gasteiger partial charge in [0.05, 0.1) is 15.9 Å². The maximum atomic E-state index is 12.4. The van der Waals surface area contributed by atoms with Gasteiger partial charge in [0, 0.05) is 27.1 Å². The van der Waals surface area contributed by atoms with E-state index in [0.29, 0.717) is 23.7 Å². The lowest BCUT2D eigenvalue weighted by atomic mass is 9.87. The highest BCUT2D eigenvalue weighted by Gasteiger charge is 2.21. The predicted molar refractivity (Wildman–Crippen MR) is 112 cm³/mol. The van der Waals surface area contributed by atoms with E-state index in [1.54, 1.807) is 18.2 Å². The Morgan fingerprint density at radius 2 is 1.97 bits per heavy atom. The summed E-state index contributed by atoms with van der Waals surface area (Å²) in [5.74, 6) is 0.908. The SMILES string of the molecule is CCCn1c(COC(=O)CC2CCCCC2)nc2cc(S(=O)(=O)N(C)C)ccc21. The standard InChI is InChI=1S/C21H31N3O4S/c1-4-12-24-19-11-10-17(29(26,27)23(2)3)14-18(19)22-20(24)15-28-21(25)13-16-8-6-5-7-9-16/h10-11,14,16H,4-9,12-13,15H2,1-3H3. The molecule has 1 heterocycles. The van der Waals surface area contributed by atoms with Crippen molar-refractivity contribution in [3.63, 3.8) is 0 Å². The van der Waals surface area contributed by atoms with Crippen LogP contribution in [0.1, 0.15) is 57.7 Å². The van der Waals surface area contributed by atoms with Crippen molar-refractivity contribution in [3.8, 4) is 0 Å². The highest BCUT2D eigenvalue weighted by atomic mass is 32.2. The van der Waals surface area contributed by atoms with Gasteiger partial charge in [-0.15, -0.1) is 0 Å². The zero-order valence-electron chi connectivity index (χ0n) is 17.6. The van der Waals surface area contributed by atoms with Gasteiger partial charge in [0.15, 0.2) is 0 Å². The summed E-state index contributed by atoms with van der Waals surface area (Å²) >= 11 is 0. The Hall–Kier alpha value is -1.93. The van der Waals surface area contributed by atoms with Crippen LogP contribution in [0.5, 0.6) is 0 Å². The first kappa shape index (κ1) is 21.8. The van der Waals surface area contributed by atoms with Crippen molar-refractivity contribution in [2.24, 2.45) is 5.92 Å². The van der Waals surface area contributed by atoms with E-state index in [9.17, 15) is 13.2 Å². The summed E-state index contributed by atoms with van der Waals surface area (Å²) in [5.41, 5.74) is 1.45. The minimum Gasteiger partial charge on any atom is -0.457 e. The van der Waals surface area contributed by atoms with E-state index in [0.717, 1.165) is 31.3 Å². The first-order chi connectivity index (χ1) is 13.8. The van der Waals surface area contributed by atoms with Crippen LogP contribution in [0.3, 0.4) is 0 Å². The molecule has 160 valence electrons. The lowest BCUT2D eigenvalue weighted by molar-refractivity contribution is -0.146. The van der Waals surface area contributed by atoms with Gasteiger partial charge in [-0.2, -0.15) is 0 Å². The van der Waals surface area contributed by atoms with Gasteiger partial charge in [-0.1, -0.05) is 26.2 Å². The lowest BCUT2D eigenvalue weighted by Gasteiger charge is -2.20. The van der Waals surface area contributed by atoms with Gasteiger partial charge in [0.2, 0.25) is 10.0 Å². The summed E-state index contributed by atoms with van der Waals surface area (Å²) in [7, 11) is -0.515. The van der Waals surface area contributed by atoms with Crippen molar-refractivity contribution >= 4 is 27.0 Å². The van der Waals surface area contributed by atoms with E-state index in [4.69, 9.17) is 4.74 Å². The monoisotopic (exact) mass is 421 g/mol. The van der Waals surface area contributed by atoms with Gasteiger partial charge in [0.25, 0.3) is 0 Å². The van der Waals surface area contributed by atoms with Crippen LogP contribution in [0.15, 0.2) is 23.1 Å².